The Labute approximate surface area is 120 Å². The molecule has 0 aliphatic heterocycles. The van der Waals surface area contributed by atoms with Crippen LogP contribution in [0.15, 0.2) is 46.9 Å². The number of halogens is 2. The first-order chi connectivity index (χ1) is 9.11. The number of hydrogen-bond donors (Lipinski definition) is 1. The van der Waals surface area contributed by atoms with Gasteiger partial charge in [0.05, 0.1) is 11.1 Å². The maximum atomic E-state index is 13.5. The molecular formula is C15H14BrFO2. The van der Waals surface area contributed by atoms with Gasteiger partial charge in [-0.1, -0.05) is 18.2 Å². The van der Waals surface area contributed by atoms with Gasteiger partial charge in [-0.15, -0.1) is 0 Å². The molecule has 0 bridgehead atoms. The highest BCUT2D eigenvalue weighted by Crippen LogP contribution is 2.27. The molecule has 0 spiro atoms. The van der Waals surface area contributed by atoms with E-state index >= 15 is 0 Å². The summed E-state index contributed by atoms with van der Waals surface area (Å²) in [4.78, 5) is 0. The lowest BCUT2D eigenvalue weighted by Gasteiger charge is -2.13. The van der Waals surface area contributed by atoms with Crippen LogP contribution >= 0.6 is 15.9 Å². The molecule has 0 radical (unpaired) electrons. The molecule has 1 N–H and O–H groups in total. The minimum absolute atomic E-state index is 0.381. The third-order valence-corrected chi connectivity index (χ3v) is 3.39. The average molecular weight is 325 g/mol. The lowest BCUT2D eigenvalue weighted by molar-refractivity contribution is 0.219. The molecule has 0 saturated carbocycles. The second-order valence-corrected chi connectivity index (χ2v) is 4.94. The Morgan fingerprint density at radius 3 is 2.63 bits per heavy atom. The predicted molar refractivity (Wildman–Crippen MR) is 75.8 cm³/mol. The zero-order valence-electron chi connectivity index (χ0n) is 10.4. The highest BCUT2D eigenvalue weighted by Gasteiger charge is 2.13. The van der Waals surface area contributed by atoms with Crippen molar-refractivity contribution in [1.82, 2.24) is 0 Å². The maximum absolute atomic E-state index is 13.5. The second kappa shape index (κ2) is 6.17. The van der Waals surface area contributed by atoms with Crippen LogP contribution in [-0.2, 0) is 0 Å². The number of rotatable bonds is 4. The Morgan fingerprint density at radius 2 is 1.95 bits per heavy atom. The molecule has 1 atom stereocenters. The fraction of sp³-hybridized carbons (Fsp3) is 0.200. The fourth-order valence-corrected chi connectivity index (χ4v) is 2.06. The molecule has 0 aromatic heterocycles. The number of aliphatic hydroxyl groups is 1. The maximum Gasteiger partial charge on any atom is 0.137 e. The number of ether oxygens (including phenoxy) is 1. The van der Waals surface area contributed by atoms with Gasteiger partial charge >= 0.3 is 0 Å². The zero-order valence-corrected chi connectivity index (χ0v) is 12.0. The first-order valence-corrected chi connectivity index (χ1v) is 6.77. The van der Waals surface area contributed by atoms with Crippen LogP contribution in [0.5, 0.6) is 5.75 Å². The van der Waals surface area contributed by atoms with E-state index in [1.165, 1.54) is 6.07 Å². The number of hydrogen-bond acceptors (Lipinski definition) is 2. The molecule has 0 aliphatic rings. The summed E-state index contributed by atoms with van der Waals surface area (Å²) in [6.07, 6.45) is -0.872. The van der Waals surface area contributed by atoms with Gasteiger partial charge in [0.15, 0.2) is 0 Å². The average Bonchev–Trinajstić information content (AvgIpc) is 2.42. The monoisotopic (exact) mass is 324 g/mol. The summed E-state index contributed by atoms with van der Waals surface area (Å²) in [6.45, 7) is 2.46. The van der Waals surface area contributed by atoms with Gasteiger partial charge in [-0.2, -0.15) is 0 Å². The normalized spacial score (nSPS) is 12.2. The summed E-state index contributed by atoms with van der Waals surface area (Å²) in [5, 5.41) is 10.3. The summed E-state index contributed by atoms with van der Waals surface area (Å²) in [6, 6.07) is 11.8. The van der Waals surface area contributed by atoms with Gasteiger partial charge in [-0.3, -0.25) is 0 Å². The van der Waals surface area contributed by atoms with E-state index in [0.717, 1.165) is 0 Å². The summed E-state index contributed by atoms with van der Waals surface area (Å²) < 4.78 is 19.2. The summed E-state index contributed by atoms with van der Waals surface area (Å²) in [5.41, 5.74) is 1.18. The zero-order chi connectivity index (χ0) is 13.8. The summed E-state index contributed by atoms with van der Waals surface area (Å²) in [7, 11) is 0. The van der Waals surface area contributed by atoms with Crippen LogP contribution in [0.4, 0.5) is 4.39 Å². The van der Waals surface area contributed by atoms with Gasteiger partial charge in [0.25, 0.3) is 0 Å². The molecule has 1 unspecified atom stereocenters. The molecule has 2 nitrogen and oxygen atoms in total. The molecule has 0 saturated heterocycles. The first kappa shape index (κ1) is 14.0. The van der Waals surface area contributed by atoms with E-state index in [-0.39, 0.29) is 0 Å². The Bertz CT molecular complexity index is 572. The molecule has 0 amide bonds. The van der Waals surface area contributed by atoms with Gasteiger partial charge in [0.2, 0.25) is 0 Å². The fourth-order valence-electron chi connectivity index (χ4n) is 1.82. The molecule has 2 aromatic carbocycles. The van der Waals surface area contributed by atoms with E-state index < -0.39 is 11.9 Å². The van der Waals surface area contributed by atoms with Crippen molar-refractivity contribution in [3.8, 4) is 5.75 Å². The van der Waals surface area contributed by atoms with E-state index in [1.54, 1.807) is 30.3 Å². The third kappa shape index (κ3) is 3.33. The smallest absolute Gasteiger partial charge is 0.137 e. The summed E-state index contributed by atoms with van der Waals surface area (Å²) >= 11 is 3.09. The Hall–Kier alpha value is -1.39. The van der Waals surface area contributed by atoms with Crippen molar-refractivity contribution in [1.29, 1.82) is 0 Å². The van der Waals surface area contributed by atoms with Crippen molar-refractivity contribution in [2.45, 2.75) is 13.0 Å². The van der Waals surface area contributed by atoms with Crippen LogP contribution in [-0.4, -0.2) is 11.7 Å². The molecule has 0 heterocycles. The predicted octanol–water partition coefficient (Wildman–Crippen LogP) is 4.07. The molecule has 100 valence electrons. The molecule has 2 aromatic rings. The SMILES string of the molecule is CCOc1cccc(C(O)c2ccc(Br)c(F)c2)c1. The Kier molecular flexibility index (Phi) is 4.56. The van der Waals surface area contributed by atoms with Gasteiger partial charge < -0.3 is 9.84 Å². The molecule has 4 heteroatoms. The van der Waals surface area contributed by atoms with Crippen LogP contribution in [0, 0.1) is 5.82 Å². The molecule has 0 aliphatic carbocycles. The van der Waals surface area contributed by atoms with Gasteiger partial charge in [-0.05, 0) is 58.2 Å². The lowest BCUT2D eigenvalue weighted by Crippen LogP contribution is -2.01. The highest BCUT2D eigenvalue weighted by molar-refractivity contribution is 9.10. The molecular weight excluding hydrogens is 311 g/mol. The van der Waals surface area contributed by atoms with Crippen LogP contribution in [0.3, 0.4) is 0 Å². The van der Waals surface area contributed by atoms with Crippen molar-refractivity contribution < 1.29 is 14.2 Å². The third-order valence-electron chi connectivity index (χ3n) is 2.74. The van der Waals surface area contributed by atoms with E-state index in [9.17, 15) is 9.50 Å². The van der Waals surface area contributed by atoms with Crippen LogP contribution in [0.25, 0.3) is 0 Å². The van der Waals surface area contributed by atoms with Crippen LogP contribution < -0.4 is 4.74 Å². The van der Waals surface area contributed by atoms with Gasteiger partial charge in [-0.25, -0.2) is 4.39 Å². The molecule has 19 heavy (non-hydrogen) atoms. The standard InChI is InChI=1S/C15H14BrFO2/c1-2-19-12-5-3-4-10(8-12)15(18)11-6-7-13(16)14(17)9-11/h3-9,15,18H,2H2,1H3. The van der Waals surface area contributed by atoms with E-state index in [0.29, 0.717) is 28.0 Å². The largest absolute Gasteiger partial charge is 0.494 e. The topological polar surface area (TPSA) is 29.5 Å². The van der Waals surface area contributed by atoms with Crippen molar-refractivity contribution in [3.05, 3.63) is 63.9 Å². The number of aliphatic hydroxyl groups excluding tert-OH is 1. The van der Waals surface area contributed by atoms with Crippen molar-refractivity contribution in [2.24, 2.45) is 0 Å². The van der Waals surface area contributed by atoms with Crippen LogP contribution in [0.1, 0.15) is 24.2 Å². The van der Waals surface area contributed by atoms with Gasteiger partial charge in [0.1, 0.15) is 17.7 Å². The second-order valence-electron chi connectivity index (χ2n) is 4.08. The van der Waals surface area contributed by atoms with Crippen molar-refractivity contribution in [2.75, 3.05) is 6.61 Å². The highest BCUT2D eigenvalue weighted by atomic mass is 79.9. The van der Waals surface area contributed by atoms with E-state index in [4.69, 9.17) is 4.74 Å². The van der Waals surface area contributed by atoms with Crippen LogP contribution in [0.2, 0.25) is 0 Å². The molecule has 0 fully saturated rings. The Balaban J connectivity index is 2.29. The minimum atomic E-state index is -0.872. The summed E-state index contributed by atoms with van der Waals surface area (Å²) in [5.74, 6) is 0.300. The Morgan fingerprint density at radius 1 is 1.21 bits per heavy atom. The first-order valence-electron chi connectivity index (χ1n) is 5.97. The van der Waals surface area contributed by atoms with Crippen molar-refractivity contribution >= 4 is 15.9 Å². The minimum Gasteiger partial charge on any atom is -0.494 e. The van der Waals surface area contributed by atoms with E-state index in [1.807, 2.05) is 13.0 Å². The van der Waals surface area contributed by atoms with E-state index in [2.05, 4.69) is 15.9 Å². The quantitative estimate of drug-likeness (QED) is 0.918. The van der Waals surface area contributed by atoms with Gasteiger partial charge in [0, 0.05) is 0 Å². The lowest BCUT2D eigenvalue weighted by atomic mass is 10.0. The molecule has 2 rings (SSSR count). The number of benzene rings is 2. The van der Waals surface area contributed by atoms with Crippen molar-refractivity contribution in [3.63, 3.8) is 0 Å².